The quantitative estimate of drug-likeness (QED) is 0.734. The maximum Gasteiger partial charge on any atom is 0.0178 e. The minimum absolute atomic E-state index is 0.484. The lowest BCUT2D eigenvalue weighted by Gasteiger charge is -2.40. The van der Waals surface area contributed by atoms with Crippen LogP contribution in [0.25, 0.3) is 0 Å². The molecule has 0 aromatic carbocycles. The van der Waals surface area contributed by atoms with Crippen molar-refractivity contribution in [1.82, 2.24) is 5.32 Å². The van der Waals surface area contributed by atoms with Crippen molar-refractivity contribution in [3.8, 4) is 0 Å². The van der Waals surface area contributed by atoms with Gasteiger partial charge in [0.25, 0.3) is 0 Å². The molecule has 0 aromatic rings. The molecule has 1 N–H and O–H groups in total. The van der Waals surface area contributed by atoms with Crippen LogP contribution in [0.4, 0.5) is 0 Å². The highest BCUT2D eigenvalue weighted by Gasteiger charge is 2.30. The summed E-state index contributed by atoms with van der Waals surface area (Å²) in [6.07, 6.45) is 7.95. The summed E-state index contributed by atoms with van der Waals surface area (Å²) in [5.74, 6) is 0.927. The average molecular weight is 213 g/mol. The van der Waals surface area contributed by atoms with Crippen molar-refractivity contribution < 1.29 is 0 Å². The van der Waals surface area contributed by atoms with Crippen molar-refractivity contribution in [2.75, 3.05) is 6.54 Å². The van der Waals surface area contributed by atoms with E-state index in [0.717, 1.165) is 5.92 Å². The Bertz CT molecular complexity index is 136. The average Bonchev–Trinajstić information content (AvgIpc) is 2.29. The number of nitrogens with one attached hydrogen (secondary N) is 1. The first-order valence-corrected chi connectivity index (χ1v) is 6.89. The van der Waals surface area contributed by atoms with Gasteiger partial charge in [0, 0.05) is 5.54 Å². The van der Waals surface area contributed by atoms with E-state index in [9.17, 15) is 0 Å². The molecule has 0 aliphatic carbocycles. The predicted octanol–water partition coefficient (Wildman–Crippen LogP) is 4.37. The minimum Gasteiger partial charge on any atom is -0.311 e. The first-order valence-electron chi connectivity index (χ1n) is 6.89. The molecule has 0 aromatic heterocycles. The van der Waals surface area contributed by atoms with Gasteiger partial charge in [-0.05, 0) is 38.1 Å². The lowest BCUT2D eigenvalue weighted by atomic mass is 9.79. The molecule has 0 saturated carbocycles. The third kappa shape index (κ3) is 5.55. The van der Waals surface area contributed by atoms with Gasteiger partial charge in [-0.1, -0.05) is 47.5 Å². The van der Waals surface area contributed by atoms with E-state index in [4.69, 9.17) is 0 Å². The third-order valence-corrected chi connectivity index (χ3v) is 3.73. The van der Waals surface area contributed by atoms with Crippen molar-refractivity contribution in [1.29, 1.82) is 0 Å². The summed E-state index contributed by atoms with van der Waals surface area (Å²) in [5.41, 5.74) is 0.484. The van der Waals surface area contributed by atoms with Crippen LogP contribution < -0.4 is 5.32 Å². The first-order chi connectivity index (χ1) is 7.14. The maximum atomic E-state index is 3.66. The number of hydrogen-bond acceptors (Lipinski definition) is 1. The van der Waals surface area contributed by atoms with Gasteiger partial charge in [-0.25, -0.2) is 0 Å². The monoisotopic (exact) mass is 213 g/mol. The Morgan fingerprint density at radius 2 is 1.60 bits per heavy atom. The van der Waals surface area contributed by atoms with Crippen molar-refractivity contribution >= 4 is 0 Å². The second kappa shape index (κ2) is 8.15. The molecule has 0 radical (unpaired) electrons. The number of piperidine rings is 1. The molecule has 0 bridgehead atoms. The first kappa shape index (κ1) is 15.0. The van der Waals surface area contributed by atoms with Crippen LogP contribution in [0, 0.1) is 5.92 Å². The van der Waals surface area contributed by atoms with E-state index < -0.39 is 0 Å². The highest BCUT2D eigenvalue weighted by atomic mass is 15.0. The van der Waals surface area contributed by atoms with Gasteiger partial charge in [-0.15, -0.1) is 0 Å². The molecule has 1 aliphatic rings. The van der Waals surface area contributed by atoms with Crippen molar-refractivity contribution in [2.45, 2.75) is 78.7 Å². The maximum absolute atomic E-state index is 3.66. The summed E-state index contributed by atoms with van der Waals surface area (Å²) in [4.78, 5) is 0. The normalized spacial score (nSPS) is 24.2. The zero-order valence-electron chi connectivity index (χ0n) is 11.5. The van der Waals surface area contributed by atoms with Gasteiger partial charge in [-0.2, -0.15) is 0 Å². The largest absolute Gasteiger partial charge is 0.311 e. The lowest BCUT2D eigenvalue weighted by molar-refractivity contribution is 0.191. The van der Waals surface area contributed by atoms with Crippen LogP contribution in [0.2, 0.25) is 0 Å². The SMILES string of the molecule is CCC1(CC)C[C@H](C)CCN1.CCCC. The molecule has 1 saturated heterocycles. The van der Waals surface area contributed by atoms with Crippen molar-refractivity contribution in [3.63, 3.8) is 0 Å². The van der Waals surface area contributed by atoms with Gasteiger partial charge in [0.1, 0.15) is 0 Å². The summed E-state index contributed by atoms with van der Waals surface area (Å²) in [6, 6.07) is 0. The Labute approximate surface area is 97.0 Å². The molecule has 0 spiro atoms. The summed E-state index contributed by atoms with van der Waals surface area (Å²) >= 11 is 0. The van der Waals surface area contributed by atoms with Crippen LogP contribution in [0.3, 0.4) is 0 Å². The van der Waals surface area contributed by atoms with Crippen LogP contribution in [0.15, 0.2) is 0 Å². The number of rotatable bonds is 3. The summed E-state index contributed by atoms with van der Waals surface area (Å²) < 4.78 is 0. The number of unbranched alkanes of at least 4 members (excludes halogenated alkanes) is 1. The molecule has 1 heterocycles. The fourth-order valence-electron chi connectivity index (χ4n) is 2.21. The van der Waals surface area contributed by atoms with Gasteiger partial charge in [0.05, 0.1) is 0 Å². The van der Waals surface area contributed by atoms with E-state index >= 15 is 0 Å². The molecule has 92 valence electrons. The molecule has 0 amide bonds. The Morgan fingerprint density at radius 1 is 1.07 bits per heavy atom. The fourth-order valence-corrected chi connectivity index (χ4v) is 2.21. The third-order valence-electron chi connectivity index (χ3n) is 3.73. The second-order valence-electron chi connectivity index (χ2n) is 5.01. The Balaban J connectivity index is 0.000000423. The minimum atomic E-state index is 0.484. The van der Waals surface area contributed by atoms with Crippen LogP contribution in [0.5, 0.6) is 0 Å². The van der Waals surface area contributed by atoms with Gasteiger partial charge in [0.15, 0.2) is 0 Å². The summed E-state index contributed by atoms with van der Waals surface area (Å²) in [7, 11) is 0. The van der Waals surface area contributed by atoms with E-state index in [1.165, 1.54) is 45.1 Å². The van der Waals surface area contributed by atoms with Gasteiger partial charge in [0.2, 0.25) is 0 Å². The molecule has 1 fully saturated rings. The van der Waals surface area contributed by atoms with Gasteiger partial charge < -0.3 is 5.32 Å². The van der Waals surface area contributed by atoms with E-state index in [1.54, 1.807) is 0 Å². The molecular weight excluding hydrogens is 182 g/mol. The lowest BCUT2D eigenvalue weighted by Crippen LogP contribution is -2.49. The highest BCUT2D eigenvalue weighted by molar-refractivity contribution is 4.90. The molecule has 1 heteroatoms. The van der Waals surface area contributed by atoms with E-state index in [1.807, 2.05) is 0 Å². The molecule has 15 heavy (non-hydrogen) atoms. The standard InChI is InChI=1S/C10H21N.C4H10/c1-4-10(5-2)8-9(3)6-7-11-10;1-3-4-2/h9,11H,4-8H2,1-3H3;3-4H2,1-2H3/t9-;/m1./s1. The smallest absolute Gasteiger partial charge is 0.0178 e. The Hall–Kier alpha value is -0.0400. The molecule has 1 rings (SSSR count). The van der Waals surface area contributed by atoms with Crippen LogP contribution in [-0.2, 0) is 0 Å². The van der Waals surface area contributed by atoms with E-state index in [0.29, 0.717) is 5.54 Å². The second-order valence-corrected chi connectivity index (χ2v) is 5.01. The van der Waals surface area contributed by atoms with Crippen LogP contribution in [0.1, 0.15) is 73.1 Å². The summed E-state index contributed by atoms with van der Waals surface area (Å²) in [6.45, 7) is 12.6. The molecule has 0 unspecified atom stereocenters. The molecule has 1 aliphatic heterocycles. The molecule has 1 nitrogen and oxygen atoms in total. The summed E-state index contributed by atoms with van der Waals surface area (Å²) in [5, 5.41) is 3.66. The zero-order valence-corrected chi connectivity index (χ0v) is 11.5. The number of hydrogen-bond donors (Lipinski definition) is 1. The van der Waals surface area contributed by atoms with Gasteiger partial charge >= 0.3 is 0 Å². The Kier molecular flexibility index (Phi) is 8.13. The Morgan fingerprint density at radius 3 is 1.87 bits per heavy atom. The molecule has 1 atom stereocenters. The molecular formula is C14H31N. The zero-order chi connectivity index (χ0) is 11.7. The predicted molar refractivity (Wildman–Crippen MR) is 70.3 cm³/mol. The van der Waals surface area contributed by atoms with Gasteiger partial charge in [-0.3, -0.25) is 0 Å². The van der Waals surface area contributed by atoms with Crippen molar-refractivity contribution in [3.05, 3.63) is 0 Å². The van der Waals surface area contributed by atoms with Crippen molar-refractivity contribution in [2.24, 2.45) is 5.92 Å². The van der Waals surface area contributed by atoms with Crippen LogP contribution in [-0.4, -0.2) is 12.1 Å². The highest BCUT2D eigenvalue weighted by Crippen LogP contribution is 2.29. The van der Waals surface area contributed by atoms with E-state index in [-0.39, 0.29) is 0 Å². The topological polar surface area (TPSA) is 12.0 Å². The van der Waals surface area contributed by atoms with Crippen LogP contribution >= 0.6 is 0 Å². The van der Waals surface area contributed by atoms with E-state index in [2.05, 4.69) is 39.9 Å². The fraction of sp³-hybridized carbons (Fsp3) is 1.00.